The van der Waals surface area contributed by atoms with Crippen LogP contribution in [0, 0.1) is 0 Å². The second-order valence-electron chi connectivity index (χ2n) is 4.11. The summed E-state index contributed by atoms with van der Waals surface area (Å²) in [6, 6.07) is 6.77. The molecule has 96 valence electrons. The molecule has 0 aliphatic rings. The number of benzene rings is 1. The largest absolute Gasteiger partial charge is 0.385 e. The van der Waals surface area contributed by atoms with Crippen LogP contribution in [0.3, 0.4) is 0 Å². The summed E-state index contributed by atoms with van der Waals surface area (Å²) < 4.78 is 29.6. The predicted molar refractivity (Wildman–Crippen MR) is 64.2 cm³/mol. The zero-order valence-electron chi connectivity index (χ0n) is 10.2. The lowest BCUT2D eigenvalue weighted by Gasteiger charge is -2.13. The van der Waals surface area contributed by atoms with Gasteiger partial charge in [-0.05, 0) is 18.9 Å². The Morgan fingerprint density at radius 2 is 1.88 bits per heavy atom. The number of hydrogen-bond acceptors (Lipinski definition) is 2. The number of ether oxygens (including phenoxy) is 1. The lowest BCUT2D eigenvalue weighted by atomic mass is 10.1. The fraction of sp³-hybridized carbons (Fsp3) is 0.538. The minimum absolute atomic E-state index is 0.0705. The highest BCUT2D eigenvalue weighted by molar-refractivity contribution is 5.23. The second-order valence-corrected chi connectivity index (χ2v) is 4.11. The molecule has 2 nitrogen and oxygen atoms in total. The van der Waals surface area contributed by atoms with Crippen LogP contribution in [0.4, 0.5) is 8.78 Å². The molecule has 1 aromatic rings. The molecule has 0 bridgehead atoms. The third kappa shape index (κ3) is 5.24. The van der Waals surface area contributed by atoms with Gasteiger partial charge in [0, 0.05) is 31.9 Å². The Morgan fingerprint density at radius 3 is 2.41 bits per heavy atom. The minimum Gasteiger partial charge on any atom is -0.385 e. The van der Waals surface area contributed by atoms with Crippen molar-refractivity contribution in [3.8, 4) is 0 Å². The van der Waals surface area contributed by atoms with E-state index in [4.69, 9.17) is 4.74 Å². The van der Waals surface area contributed by atoms with E-state index in [1.54, 1.807) is 19.2 Å². The summed E-state index contributed by atoms with van der Waals surface area (Å²) in [5.41, 5.74) is 1.08. The van der Waals surface area contributed by atoms with E-state index < -0.39 is 6.43 Å². The molecule has 0 spiro atoms. The summed E-state index contributed by atoms with van der Waals surface area (Å²) >= 11 is 0. The highest BCUT2D eigenvalue weighted by Crippen LogP contribution is 2.18. The Labute approximate surface area is 101 Å². The molecule has 1 aromatic carbocycles. The molecule has 1 atom stereocenters. The average Bonchev–Trinajstić information content (AvgIpc) is 2.34. The van der Waals surface area contributed by atoms with E-state index in [1.165, 1.54) is 12.1 Å². The third-order valence-electron chi connectivity index (χ3n) is 2.64. The summed E-state index contributed by atoms with van der Waals surface area (Å²) in [6.45, 7) is 3.49. The normalized spacial score (nSPS) is 13.0. The minimum atomic E-state index is -2.39. The zero-order valence-corrected chi connectivity index (χ0v) is 10.2. The molecule has 17 heavy (non-hydrogen) atoms. The van der Waals surface area contributed by atoms with E-state index in [9.17, 15) is 8.78 Å². The quantitative estimate of drug-likeness (QED) is 0.794. The fourth-order valence-electron chi connectivity index (χ4n) is 1.47. The first-order valence-electron chi connectivity index (χ1n) is 5.72. The summed E-state index contributed by atoms with van der Waals surface area (Å²) in [5, 5.41) is 3.31. The lowest BCUT2D eigenvalue weighted by molar-refractivity contribution is 0.151. The van der Waals surface area contributed by atoms with Crippen LogP contribution in [0.1, 0.15) is 30.9 Å². The fourth-order valence-corrected chi connectivity index (χ4v) is 1.47. The first-order valence-corrected chi connectivity index (χ1v) is 5.72. The number of nitrogens with one attached hydrogen (secondary N) is 1. The topological polar surface area (TPSA) is 21.3 Å². The summed E-state index contributed by atoms with van der Waals surface area (Å²) in [7, 11) is 1.68. The van der Waals surface area contributed by atoms with Gasteiger partial charge in [0.15, 0.2) is 0 Å². The van der Waals surface area contributed by atoms with Crippen molar-refractivity contribution in [1.82, 2.24) is 5.32 Å². The number of rotatable bonds is 7. The summed E-state index contributed by atoms with van der Waals surface area (Å²) in [6.07, 6.45) is -1.45. The Kier molecular flexibility index (Phi) is 6.08. The molecule has 1 N–H and O–H groups in total. The van der Waals surface area contributed by atoms with E-state index in [0.717, 1.165) is 18.6 Å². The molecule has 0 saturated carbocycles. The van der Waals surface area contributed by atoms with Gasteiger partial charge >= 0.3 is 0 Å². The molecule has 0 radical (unpaired) electrons. The monoisotopic (exact) mass is 243 g/mol. The highest BCUT2D eigenvalue weighted by Gasteiger charge is 2.06. The van der Waals surface area contributed by atoms with Crippen LogP contribution in [0.15, 0.2) is 24.3 Å². The van der Waals surface area contributed by atoms with Gasteiger partial charge in [-0.25, -0.2) is 8.78 Å². The van der Waals surface area contributed by atoms with Crippen molar-refractivity contribution < 1.29 is 13.5 Å². The smallest absolute Gasteiger partial charge is 0.263 e. The average molecular weight is 243 g/mol. The Bertz CT molecular complexity index is 314. The van der Waals surface area contributed by atoms with Gasteiger partial charge in [0.1, 0.15) is 0 Å². The van der Waals surface area contributed by atoms with Gasteiger partial charge in [0.2, 0.25) is 0 Å². The van der Waals surface area contributed by atoms with Crippen LogP contribution in [0.5, 0.6) is 0 Å². The van der Waals surface area contributed by atoms with Gasteiger partial charge in [-0.15, -0.1) is 0 Å². The number of alkyl halides is 2. The maximum absolute atomic E-state index is 12.3. The predicted octanol–water partition coefficient (Wildman–Crippen LogP) is 3.14. The van der Waals surface area contributed by atoms with E-state index in [0.29, 0.717) is 12.6 Å². The molecule has 0 amide bonds. The van der Waals surface area contributed by atoms with Gasteiger partial charge in [-0.1, -0.05) is 24.3 Å². The molecular formula is C13H19F2NO. The molecule has 0 aliphatic heterocycles. The van der Waals surface area contributed by atoms with E-state index in [2.05, 4.69) is 12.2 Å². The number of methoxy groups -OCH3 is 1. The molecule has 0 saturated heterocycles. The summed E-state index contributed by atoms with van der Waals surface area (Å²) in [4.78, 5) is 0. The maximum atomic E-state index is 12.3. The first-order chi connectivity index (χ1) is 8.13. The lowest BCUT2D eigenvalue weighted by Crippen LogP contribution is -2.26. The first kappa shape index (κ1) is 14.1. The molecule has 1 unspecified atom stereocenters. The Morgan fingerprint density at radius 1 is 1.24 bits per heavy atom. The zero-order chi connectivity index (χ0) is 12.7. The van der Waals surface area contributed by atoms with E-state index in [1.807, 2.05) is 0 Å². The van der Waals surface area contributed by atoms with Crippen molar-refractivity contribution in [2.24, 2.45) is 0 Å². The molecule has 1 rings (SSSR count). The van der Waals surface area contributed by atoms with Crippen molar-refractivity contribution >= 4 is 0 Å². The van der Waals surface area contributed by atoms with Gasteiger partial charge in [-0.3, -0.25) is 0 Å². The number of halogens is 2. The molecule has 0 fully saturated rings. The van der Waals surface area contributed by atoms with Crippen LogP contribution >= 0.6 is 0 Å². The van der Waals surface area contributed by atoms with Gasteiger partial charge in [0.05, 0.1) is 0 Å². The van der Waals surface area contributed by atoms with Crippen molar-refractivity contribution in [2.75, 3.05) is 13.7 Å². The van der Waals surface area contributed by atoms with E-state index >= 15 is 0 Å². The van der Waals surface area contributed by atoms with Crippen LogP contribution in [0.2, 0.25) is 0 Å². The second kappa shape index (κ2) is 7.35. The van der Waals surface area contributed by atoms with E-state index in [-0.39, 0.29) is 5.56 Å². The van der Waals surface area contributed by atoms with Gasteiger partial charge < -0.3 is 10.1 Å². The van der Waals surface area contributed by atoms with Crippen molar-refractivity contribution in [3.63, 3.8) is 0 Å². The third-order valence-corrected chi connectivity index (χ3v) is 2.64. The van der Waals surface area contributed by atoms with Crippen molar-refractivity contribution in [3.05, 3.63) is 35.4 Å². The van der Waals surface area contributed by atoms with Gasteiger partial charge in [-0.2, -0.15) is 0 Å². The molecule has 0 aliphatic carbocycles. The Balaban J connectivity index is 2.36. The highest BCUT2D eigenvalue weighted by atomic mass is 19.3. The standard InChI is InChI=1S/C13H19F2NO/c1-10(7-8-17-2)16-9-11-3-5-12(6-4-11)13(14)15/h3-6,10,13,16H,7-9H2,1-2H3. The maximum Gasteiger partial charge on any atom is 0.263 e. The Hall–Kier alpha value is -1.00. The molecule has 0 heterocycles. The molecular weight excluding hydrogens is 224 g/mol. The molecule has 0 aromatic heterocycles. The van der Waals surface area contributed by atoms with Crippen LogP contribution in [0.25, 0.3) is 0 Å². The number of hydrogen-bond donors (Lipinski definition) is 1. The van der Waals surface area contributed by atoms with Gasteiger partial charge in [0.25, 0.3) is 6.43 Å². The van der Waals surface area contributed by atoms with Crippen LogP contribution < -0.4 is 5.32 Å². The van der Waals surface area contributed by atoms with Crippen LogP contribution in [-0.2, 0) is 11.3 Å². The van der Waals surface area contributed by atoms with Crippen molar-refractivity contribution in [1.29, 1.82) is 0 Å². The summed E-state index contributed by atoms with van der Waals surface area (Å²) in [5.74, 6) is 0. The van der Waals surface area contributed by atoms with Crippen molar-refractivity contribution in [2.45, 2.75) is 32.4 Å². The SMILES string of the molecule is COCCC(C)NCc1ccc(C(F)F)cc1. The molecule has 4 heteroatoms. The van der Waals surface area contributed by atoms with Crippen LogP contribution in [-0.4, -0.2) is 19.8 Å².